The molecule has 0 aliphatic carbocycles. The topological polar surface area (TPSA) is 48.3 Å². The zero-order valence-corrected chi connectivity index (χ0v) is 16.6. The van der Waals surface area contributed by atoms with Gasteiger partial charge in [-0.05, 0) is 54.7 Å². The first-order valence-corrected chi connectivity index (χ1v) is 10.2. The van der Waals surface area contributed by atoms with E-state index in [1.807, 2.05) is 17.0 Å². The number of nitrogens with zero attached hydrogens (tertiary/aromatic N) is 2. The van der Waals surface area contributed by atoms with Crippen LogP contribution in [0.25, 0.3) is 0 Å². The Bertz CT molecular complexity index is 909. The molecular weight excluding hydrogens is 391 g/mol. The van der Waals surface area contributed by atoms with Crippen LogP contribution in [0.2, 0.25) is 0 Å². The van der Waals surface area contributed by atoms with Gasteiger partial charge in [0.2, 0.25) is 0 Å². The molecule has 0 saturated carbocycles. The van der Waals surface area contributed by atoms with Gasteiger partial charge in [0.1, 0.15) is 5.75 Å². The monoisotopic (exact) mass is 415 g/mol. The Morgan fingerprint density at radius 1 is 1.07 bits per heavy atom. The third kappa shape index (κ3) is 4.54. The van der Waals surface area contributed by atoms with Crippen molar-refractivity contribution < 1.29 is 17.9 Å². The van der Waals surface area contributed by atoms with Crippen molar-refractivity contribution in [2.45, 2.75) is 24.9 Å². The molecule has 2 saturated heterocycles. The third-order valence-electron chi connectivity index (χ3n) is 5.99. The summed E-state index contributed by atoms with van der Waals surface area (Å²) in [7, 11) is 0. The second-order valence-corrected chi connectivity index (χ2v) is 8.01. The summed E-state index contributed by atoms with van der Waals surface area (Å²) in [5.74, 6) is 1.85. The number of piperidine rings is 1. The van der Waals surface area contributed by atoms with Crippen molar-refractivity contribution in [3.63, 3.8) is 0 Å². The molecular formula is C23H24F3N3O. The minimum Gasteiger partial charge on any atom is -0.493 e. The Hall–Kier alpha value is -2.72. The van der Waals surface area contributed by atoms with Crippen LogP contribution in [0.5, 0.6) is 5.75 Å². The van der Waals surface area contributed by atoms with E-state index in [2.05, 4.69) is 17.4 Å². The van der Waals surface area contributed by atoms with Gasteiger partial charge in [0.25, 0.3) is 0 Å². The summed E-state index contributed by atoms with van der Waals surface area (Å²) in [6.07, 6.45) is -2.79. The fourth-order valence-corrected chi connectivity index (χ4v) is 4.05. The van der Waals surface area contributed by atoms with Gasteiger partial charge in [-0.3, -0.25) is 0 Å². The van der Waals surface area contributed by atoms with Crippen molar-refractivity contribution in [3.8, 4) is 11.8 Å². The van der Waals surface area contributed by atoms with Gasteiger partial charge in [-0.2, -0.15) is 18.4 Å². The van der Waals surface area contributed by atoms with Crippen LogP contribution in [0.15, 0.2) is 42.5 Å². The molecule has 0 unspecified atom stereocenters. The van der Waals surface area contributed by atoms with E-state index < -0.39 is 11.7 Å². The molecule has 7 heteroatoms. The molecule has 0 amide bonds. The highest BCUT2D eigenvalue weighted by atomic mass is 19.4. The Kier molecular flexibility index (Phi) is 5.87. The predicted molar refractivity (Wildman–Crippen MR) is 109 cm³/mol. The lowest BCUT2D eigenvalue weighted by Gasteiger charge is -2.34. The molecule has 2 fully saturated rings. The number of ether oxygens (including phenoxy) is 1. The number of halogens is 3. The molecule has 0 spiro atoms. The van der Waals surface area contributed by atoms with Crippen LogP contribution in [0.4, 0.5) is 18.9 Å². The summed E-state index contributed by atoms with van der Waals surface area (Å²) in [6.45, 7) is 4.12. The molecule has 2 aliphatic heterocycles. The quantitative estimate of drug-likeness (QED) is 0.778. The van der Waals surface area contributed by atoms with Crippen molar-refractivity contribution in [2.24, 2.45) is 5.92 Å². The van der Waals surface area contributed by atoms with Gasteiger partial charge in [0.05, 0.1) is 23.8 Å². The lowest BCUT2D eigenvalue weighted by molar-refractivity contribution is -0.137. The van der Waals surface area contributed by atoms with E-state index in [-0.39, 0.29) is 5.56 Å². The molecule has 0 atom stereocenters. The largest absolute Gasteiger partial charge is 0.493 e. The van der Waals surface area contributed by atoms with Gasteiger partial charge in [-0.15, -0.1) is 0 Å². The molecule has 4 nitrogen and oxygen atoms in total. The number of hydrogen-bond acceptors (Lipinski definition) is 4. The number of benzene rings is 2. The maximum absolute atomic E-state index is 13.2. The van der Waals surface area contributed by atoms with E-state index in [4.69, 9.17) is 10.00 Å². The van der Waals surface area contributed by atoms with E-state index in [1.54, 1.807) is 12.1 Å². The molecule has 2 aromatic carbocycles. The summed E-state index contributed by atoms with van der Waals surface area (Å²) in [6, 6.07) is 13.8. The molecule has 0 radical (unpaired) electrons. The van der Waals surface area contributed by atoms with Gasteiger partial charge in [0.15, 0.2) is 0 Å². The first-order valence-electron chi connectivity index (χ1n) is 10.2. The van der Waals surface area contributed by atoms with Crippen molar-refractivity contribution >= 4 is 5.69 Å². The smallest absolute Gasteiger partial charge is 0.417 e. The van der Waals surface area contributed by atoms with Crippen molar-refractivity contribution in [3.05, 3.63) is 59.2 Å². The van der Waals surface area contributed by atoms with Crippen LogP contribution in [0.1, 0.15) is 35.4 Å². The number of alkyl halides is 3. The van der Waals surface area contributed by atoms with E-state index in [1.165, 1.54) is 11.6 Å². The molecule has 158 valence electrons. The number of nitriles is 1. The van der Waals surface area contributed by atoms with Gasteiger partial charge in [-0.25, -0.2) is 0 Å². The summed E-state index contributed by atoms with van der Waals surface area (Å²) < 4.78 is 45.5. The van der Waals surface area contributed by atoms with Crippen LogP contribution in [-0.4, -0.2) is 32.8 Å². The molecule has 2 aliphatic rings. The molecule has 30 heavy (non-hydrogen) atoms. The second-order valence-electron chi connectivity index (χ2n) is 8.01. The minimum atomic E-state index is -4.53. The van der Waals surface area contributed by atoms with Crippen LogP contribution < -0.4 is 15.0 Å². The number of anilines is 1. The van der Waals surface area contributed by atoms with E-state index >= 15 is 0 Å². The van der Waals surface area contributed by atoms with E-state index in [9.17, 15) is 13.2 Å². The molecule has 4 rings (SSSR count). The molecule has 0 bridgehead atoms. The fourth-order valence-electron chi connectivity index (χ4n) is 4.05. The summed E-state index contributed by atoms with van der Waals surface area (Å²) in [5.41, 5.74) is 0.562. The van der Waals surface area contributed by atoms with E-state index in [0.29, 0.717) is 30.6 Å². The Balaban J connectivity index is 1.36. The fraction of sp³-hybridized carbons (Fsp3) is 0.435. The third-order valence-corrected chi connectivity index (χ3v) is 5.99. The standard InChI is InChI=1S/C23H24F3N3O/c24-23(25,26)22-11-20(4-1-19(22)12-27)29-9-7-18(8-10-29)17-2-5-21(6-3-17)30-15-16-13-28-14-16/h1-6,11,16,18,28H,7-10,13-15H2. The maximum Gasteiger partial charge on any atom is 0.417 e. The first-order chi connectivity index (χ1) is 14.4. The van der Waals surface area contributed by atoms with Gasteiger partial charge in [-0.1, -0.05) is 12.1 Å². The Morgan fingerprint density at radius 2 is 1.77 bits per heavy atom. The van der Waals surface area contributed by atoms with Crippen LogP contribution in [0.3, 0.4) is 0 Å². The maximum atomic E-state index is 13.2. The van der Waals surface area contributed by atoms with Crippen LogP contribution in [0, 0.1) is 17.2 Å². The van der Waals surface area contributed by atoms with E-state index in [0.717, 1.165) is 44.4 Å². The summed E-state index contributed by atoms with van der Waals surface area (Å²) in [5, 5.41) is 12.2. The van der Waals surface area contributed by atoms with Gasteiger partial charge in [0, 0.05) is 37.8 Å². The average Bonchev–Trinajstić information content (AvgIpc) is 2.72. The average molecular weight is 415 g/mol. The van der Waals surface area contributed by atoms with Crippen molar-refractivity contribution in [2.75, 3.05) is 37.7 Å². The van der Waals surface area contributed by atoms with Crippen LogP contribution >= 0.6 is 0 Å². The number of rotatable bonds is 5. The summed E-state index contributed by atoms with van der Waals surface area (Å²) >= 11 is 0. The van der Waals surface area contributed by atoms with Gasteiger partial charge < -0.3 is 15.0 Å². The highest BCUT2D eigenvalue weighted by Gasteiger charge is 2.34. The molecule has 2 heterocycles. The van der Waals surface area contributed by atoms with Gasteiger partial charge >= 0.3 is 6.18 Å². The lowest BCUT2D eigenvalue weighted by atomic mass is 9.89. The Morgan fingerprint density at radius 3 is 2.33 bits per heavy atom. The number of hydrogen-bond donors (Lipinski definition) is 1. The SMILES string of the molecule is N#Cc1ccc(N2CCC(c3ccc(OCC4CNC4)cc3)CC2)cc1C(F)(F)F. The van der Waals surface area contributed by atoms with Crippen molar-refractivity contribution in [1.82, 2.24) is 5.32 Å². The van der Waals surface area contributed by atoms with Crippen LogP contribution in [-0.2, 0) is 6.18 Å². The second kappa shape index (κ2) is 8.57. The number of nitrogens with one attached hydrogen (secondary N) is 1. The highest BCUT2D eigenvalue weighted by molar-refractivity contribution is 5.55. The zero-order valence-electron chi connectivity index (χ0n) is 16.6. The molecule has 2 aromatic rings. The lowest BCUT2D eigenvalue weighted by Crippen LogP contribution is -2.45. The molecule has 1 N–H and O–H groups in total. The van der Waals surface area contributed by atoms with Crippen molar-refractivity contribution in [1.29, 1.82) is 5.26 Å². The normalized spacial score (nSPS) is 18.0. The zero-order chi connectivity index (χ0) is 21.1. The first kappa shape index (κ1) is 20.5. The predicted octanol–water partition coefficient (Wildman–Crippen LogP) is 4.56. The minimum absolute atomic E-state index is 0.336. The Labute approximate surface area is 174 Å². The highest BCUT2D eigenvalue weighted by Crippen LogP contribution is 2.36. The molecule has 0 aromatic heterocycles. The summed E-state index contributed by atoms with van der Waals surface area (Å²) in [4.78, 5) is 1.97.